The molecule has 0 aliphatic heterocycles. The fourth-order valence-electron chi connectivity index (χ4n) is 1.37. The van der Waals surface area contributed by atoms with Gasteiger partial charge in [0.2, 0.25) is 0 Å². The van der Waals surface area contributed by atoms with Crippen LogP contribution in [0, 0.1) is 0 Å². The van der Waals surface area contributed by atoms with Gasteiger partial charge in [-0.2, -0.15) is 16.9 Å². The first-order valence-corrected chi connectivity index (χ1v) is 8.19. The Morgan fingerprint density at radius 2 is 2.05 bits per heavy atom. The van der Waals surface area contributed by atoms with Crippen molar-refractivity contribution in [3.63, 3.8) is 0 Å². The highest BCUT2D eigenvalue weighted by atomic mass is 79.9. The summed E-state index contributed by atoms with van der Waals surface area (Å²) in [6, 6.07) is 5.80. The second-order valence-corrected chi connectivity index (χ2v) is 6.39. The van der Waals surface area contributed by atoms with Gasteiger partial charge < -0.3 is 4.74 Å². The zero-order valence-electron chi connectivity index (χ0n) is 9.78. The Balaban J connectivity index is 1.74. The maximum Gasteiger partial charge on any atom is 0.340 e. The molecule has 0 aliphatic carbocycles. The van der Waals surface area contributed by atoms with E-state index in [0.717, 1.165) is 20.4 Å². The summed E-state index contributed by atoms with van der Waals surface area (Å²) in [5.41, 5.74) is -0.274. The molecule has 0 radical (unpaired) electrons. The minimum absolute atomic E-state index is 0.274. The predicted molar refractivity (Wildman–Crippen MR) is 82.7 cm³/mol. The Bertz CT molecular complexity index is 579. The van der Waals surface area contributed by atoms with Gasteiger partial charge in [0.1, 0.15) is 11.6 Å². The topological polar surface area (TPSA) is 70.8 Å². The number of H-pyrrole nitrogens is 2. The van der Waals surface area contributed by atoms with Gasteiger partial charge in [0.15, 0.2) is 0 Å². The van der Waals surface area contributed by atoms with E-state index in [1.165, 1.54) is 0 Å². The molecule has 8 heteroatoms. The molecule has 1 heterocycles. The first-order chi connectivity index (χ1) is 9.16. The molecular formula is C11H11Br2N3O2S. The SMILES string of the molecule is O=c1[nH]nc(CSCCOc2c(Br)cccc2Br)[nH]1. The zero-order chi connectivity index (χ0) is 13.7. The Morgan fingerprint density at radius 3 is 2.68 bits per heavy atom. The first kappa shape index (κ1) is 14.7. The smallest absolute Gasteiger partial charge is 0.340 e. The molecule has 0 saturated heterocycles. The highest BCUT2D eigenvalue weighted by Crippen LogP contribution is 2.32. The third-order valence-corrected chi connectivity index (χ3v) is 4.36. The van der Waals surface area contributed by atoms with Crippen molar-refractivity contribution in [1.29, 1.82) is 0 Å². The number of nitrogens with zero attached hydrogens (tertiary/aromatic N) is 1. The quantitative estimate of drug-likeness (QED) is 0.721. The van der Waals surface area contributed by atoms with Crippen molar-refractivity contribution in [2.45, 2.75) is 5.75 Å². The van der Waals surface area contributed by atoms with Gasteiger partial charge in [0.25, 0.3) is 0 Å². The van der Waals surface area contributed by atoms with E-state index in [4.69, 9.17) is 4.74 Å². The summed E-state index contributed by atoms with van der Waals surface area (Å²) in [4.78, 5) is 13.4. The Morgan fingerprint density at radius 1 is 1.32 bits per heavy atom. The van der Waals surface area contributed by atoms with Crippen LogP contribution in [-0.2, 0) is 5.75 Å². The van der Waals surface area contributed by atoms with Crippen molar-refractivity contribution in [2.75, 3.05) is 12.4 Å². The number of aromatic nitrogens is 3. The van der Waals surface area contributed by atoms with E-state index in [9.17, 15) is 4.79 Å². The molecule has 5 nitrogen and oxygen atoms in total. The van der Waals surface area contributed by atoms with E-state index in [2.05, 4.69) is 47.0 Å². The lowest BCUT2D eigenvalue weighted by Crippen LogP contribution is -2.03. The third kappa shape index (κ3) is 4.39. The number of hydrogen-bond donors (Lipinski definition) is 2. The van der Waals surface area contributed by atoms with Gasteiger partial charge in [-0.15, -0.1) is 0 Å². The lowest BCUT2D eigenvalue weighted by atomic mass is 10.3. The second kappa shape index (κ2) is 7.16. The molecule has 0 saturated carbocycles. The molecule has 1 aromatic carbocycles. The lowest BCUT2D eigenvalue weighted by molar-refractivity contribution is 0.339. The molecule has 2 N–H and O–H groups in total. The van der Waals surface area contributed by atoms with Gasteiger partial charge in [-0.1, -0.05) is 6.07 Å². The number of rotatable bonds is 6. The molecule has 0 atom stereocenters. The molecule has 0 unspecified atom stereocenters. The Kier molecular flexibility index (Phi) is 5.53. The normalized spacial score (nSPS) is 10.6. The molecule has 0 bridgehead atoms. The highest BCUT2D eigenvalue weighted by Gasteiger charge is 2.05. The fraction of sp³-hybridized carbons (Fsp3) is 0.273. The summed E-state index contributed by atoms with van der Waals surface area (Å²) in [5.74, 6) is 2.91. The fourth-order valence-corrected chi connectivity index (χ4v) is 3.27. The molecule has 0 fully saturated rings. The third-order valence-electron chi connectivity index (χ3n) is 2.18. The average molecular weight is 409 g/mol. The number of benzene rings is 1. The second-order valence-electron chi connectivity index (χ2n) is 3.58. The number of halogens is 2. The Labute approximate surface area is 130 Å². The first-order valence-electron chi connectivity index (χ1n) is 5.45. The van der Waals surface area contributed by atoms with Crippen LogP contribution in [0.3, 0.4) is 0 Å². The molecule has 2 rings (SSSR count). The van der Waals surface area contributed by atoms with Crippen LogP contribution in [0.5, 0.6) is 5.75 Å². The molecule has 0 amide bonds. The van der Waals surface area contributed by atoms with Crippen molar-refractivity contribution < 1.29 is 4.74 Å². The summed E-state index contributed by atoms with van der Waals surface area (Å²) in [7, 11) is 0. The molecule has 2 aromatic rings. The van der Waals surface area contributed by atoms with Crippen LogP contribution in [0.25, 0.3) is 0 Å². The maximum absolute atomic E-state index is 10.8. The van der Waals surface area contributed by atoms with Crippen LogP contribution in [-0.4, -0.2) is 27.5 Å². The maximum atomic E-state index is 10.8. The van der Waals surface area contributed by atoms with Gasteiger partial charge in [-0.05, 0) is 44.0 Å². The van der Waals surface area contributed by atoms with Crippen LogP contribution >= 0.6 is 43.6 Å². The van der Waals surface area contributed by atoms with E-state index < -0.39 is 0 Å². The van der Waals surface area contributed by atoms with Crippen LogP contribution in [0.4, 0.5) is 0 Å². The number of ether oxygens (including phenoxy) is 1. The van der Waals surface area contributed by atoms with Crippen LogP contribution in [0.1, 0.15) is 5.82 Å². The molecule has 19 heavy (non-hydrogen) atoms. The highest BCUT2D eigenvalue weighted by molar-refractivity contribution is 9.11. The summed E-state index contributed by atoms with van der Waals surface area (Å²) < 4.78 is 7.54. The van der Waals surface area contributed by atoms with Crippen molar-refractivity contribution in [1.82, 2.24) is 15.2 Å². The Hall–Kier alpha value is -0.730. The van der Waals surface area contributed by atoms with Crippen LogP contribution < -0.4 is 10.4 Å². The minimum atomic E-state index is -0.274. The van der Waals surface area contributed by atoms with Crippen LogP contribution in [0.2, 0.25) is 0 Å². The van der Waals surface area contributed by atoms with Crippen molar-refractivity contribution in [3.05, 3.63) is 43.5 Å². The predicted octanol–water partition coefficient (Wildman–Crippen LogP) is 2.94. The van der Waals surface area contributed by atoms with E-state index in [-0.39, 0.29) is 5.69 Å². The molecule has 0 spiro atoms. The number of nitrogens with one attached hydrogen (secondary N) is 2. The summed E-state index contributed by atoms with van der Waals surface area (Å²) >= 11 is 8.52. The van der Waals surface area contributed by atoms with Gasteiger partial charge in [-0.25, -0.2) is 9.89 Å². The molecular weight excluding hydrogens is 398 g/mol. The lowest BCUT2D eigenvalue weighted by Gasteiger charge is -2.09. The number of thioether (sulfide) groups is 1. The summed E-state index contributed by atoms with van der Waals surface area (Å²) in [6.45, 7) is 0.584. The zero-order valence-corrected chi connectivity index (χ0v) is 13.8. The van der Waals surface area contributed by atoms with E-state index in [0.29, 0.717) is 18.2 Å². The standard InChI is InChI=1S/C11H11Br2N3O2S/c12-7-2-1-3-8(13)10(7)18-4-5-19-6-9-14-11(17)16-15-9/h1-3H,4-6H2,(H2,14,15,16,17). The van der Waals surface area contributed by atoms with E-state index >= 15 is 0 Å². The van der Waals surface area contributed by atoms with E-state index in [1.807, 2.05) is 18.2 Å². The van der Waals surface area contributed by atoms with Gasteiger partial charge in [0.05, 0.1) is 21.3 Å². The van der Waals surface area contributed by atoms with Crippen LogP contribution in [0.15, 0.2) is 31.9 Å². The summed E-state index contributed by atoms with van der Waals surface area (Å²) in [6.07, 6.45) is 0. The monoisotopic (exact) mass is 407 g/mol. The van der Waals surface area contributed by atoms with Gasteiger partial charge >= 0.3 is 5.69 Å². The number of aromatic amines is 2. The average Bonchev–Trinajstić information content (AvgIpc) is 2.78. The van der Waals surface area contributed by atoms with Crippen molar-refractivity contribution in [2.24, 2.45) is 0 Å². The molecule has 1 aromatic heterocycles. The van der Waals surface area contributed by atoms with Crippen molar-refractivity contribution in [3.8, 4) is 5.75 Å². The van der Waals surface area contributed by atoms with Crippen molar-refractivity contribution >= 4 is 43.6 Å². The summed E-state index contributed by atoms with van der Waals surface area (Å²) in [5, 5.41) is 6.16. The van der Waals surface area contributed by atoms with E-state index in [1.54, 1.807) is 11.8 Å². The van der Waals surface area contributed by atoms with Gasteiger partial charge in [0, 0.05) is 5.75 Å². The molecule has 102 valence electrons. The number of hydrogen-bond acceptors (Lipinski definition) is 4. The largest absolute Gasteiger partial charge is 0.490 e. The molecule has 0 aliphatic rings. The minimum Gasteiger partial charge on any atom is -0.490 e. The van der Waals surface area contributed by atoms with Gasteiger partial charge in [-0.3, -0.25) is 4.98 Å². The number of para-hydroxylation sites is 1.